The highest BCUT2D eigenvalue weighted by Gasteiger charge is 2.21. The summed E-state index contributed by atoms with van der Waals surface area (Å²) < 4.78 is 37.9. The largest absolute Gasteiger partial charge is 0.298 e. The molecule has 0 aromatic carbocycles. The molecule has 0 aliphatic rings. The Hall–Kier alpha value is -0.910. The van der Waals surface area contributed by atoms with Crippen LogP contribution in [0, 0.1) is 5.82 Å². The van der Waals surface area contributed by atoms with E-state index < -0.39 is 23.4 Å². The van der Waals surface area contributed by atoms with Gasteiger partial charge in [-0.3, -0.25) is 9.78 Å². The SMILES string of the molecule is O=Cc1cnc(CBr)c(F)c1C(F)F. The van der Waals surface area contributed by atoms with Gasteiger partial charge in [-0.15, -0.1) is 0 Å². The first-order chi connectivity index (χ1) is 6.61. The van der Waals surface area contributed by atoms with Crippen LogP contribution in [0.25, 0.3) is 0 Å². The van der Waals surface area contributed by atoms with E-state index in [4.69, 9.17) is 0 Å². The predicted octanol–water partition coefficient (Wildman–Crippen LogP) is 2.87. The number of carbonyl (C=O) groups is 1. The van der Waals surface area contributed by atoms with Gasteiger partial charge >= 0.3 is 0 Å². The average molecular weight is 268 g/mol. The molecule has 0 amide bonds. The van der Waals surface area contributed by atoms with E-state index in [2.05, 4.69) is 20.9 Å². The van der Waals surface area contributed by atoms with Crippen LogP contribution in [-0.4, -0.2) is 11.3 Å². The summed E-state index contributed by atoms with van der Waals surface area (Å²) in [6.07, 6.45) is -1.92. The van der Waals surface area contributed by atoms with Crippen LogP contribution in [-0.2, 0) is 5.33 Å². The summed E-state index contributed by atoms with van der Waals surface area (Å²) >= 11 is 2.90. The first-order valence-electron chi connectivity index (χ1n) is 3.58. The Kier molecular flexibility index (Phi) is 3.62. The highest BCUT2D eigenvalue weighted by atomic mass is 79.9. The van der Waals surface area contributed by atoms with Crippen LogP contribution in [0.5, 0.6) is 0 Å². The summed E-state index contributed by atoms with van der Waals surface area (Å²) in [6.45, 7) is 0. The summed E-state index contributed by atoms with van der Waals surface area (Å²) in [5.74, 6) is -1.12. The lowest BCUT2D eigenvalue weighted by molar-refractivity contribution is 0.110. The number of aromatic nitrogens is 1. The van der Waals surface area contributed by atoms with Crippen molar-refractivity contribution in [1.29, 1.82) is 0 Å². The van der Waals surface area contributed by atoms with E-state index in [1.165, 1.54) is 0 Å². The van der Waals surface area contributed by atoms with Crippen molar-refractivity contribution in [2.75, 3.05) is 0 Å². The molecule has 0 unspecified atom stereocenters. The molecular formula is C8H5BrF3NO. The highest BCUT2D eigenvalue weighted by molar-refractivity contribution is 9.08. The van der Waals surface area contributed by atoms with Crippen LogP contribution in [0.15, 0.2) is 6.20 Å². The van der Waals surface area contributed by atoms with Gasteiger partial charge in [0.25, 0.3) is 6.43 Å². The summed E-state index contributed by atoms with van der Waals surface area (Å²) in [4.78, 5) is 13.9. The molecule has 0 aliphatic carbocycles. The molecule has 0 N–H and O–H groups in total. The van der Waals surface area contributed by atoms with Gasteiger partial charge in [-0.25, -0.2) is 13.2 Å². The van der Waals surface area contributed by atoms with E-state index in [0.717, 1.165) is 6.20 Å². The fraction of sp³-hybridized carbons (Fsp3) is 0.250. The molecule has 0 bridgehead atoms. The van der Waals surface area contributed by atoms with Crippen LogP contribution in [0.2, 0.25) is 0 Å². The lowest BCUT2D eigenvalue weighted by Gasteiger charge is -2.07. The van der Waals surface area contributed by atoms with Crippen molar-refractivity contribution in [3.8, 4) is 0 Å². The van der Waals surface area contributed by atoms with Crippen LogP contribution in [0.3, 0.4) is 0 Å². The Labute approximate surface area is 86.3 Å². The zero-order valence-electron chi connectivity index (χ0n) is 6.81. The quantitative estimate of drug-likeness (QED) is 0.623. The number of halogens is 4. The monoisotopic (exact) mass is 267 g/mol. The average Bonchev–Trinajstić information content (AvgIpc) is 2.16. The van der Waals surface area contributed by atoms with Gasteiger partial charge in [-0.05, 0) is 0 Å². The summed E-state index contributed by atoms with van der Waals surface area (Å²) in [5.41, 5.74) is -1.43. The molecule has 14 heavy (non-hydrogen) atoms. The van der Waals surface area contributed by atoms with Crippen molar-refractivity contribution in [3.63, 3.8) is 0 Å². The maximum Gasteiger partial charge on any atom is 0.267 e. The normalized spacial score (nSPS) is 10.6. The third-order valence-corrected chi connectivity index (χ3v) is 2.16. The van der Waals surface area contributed by atoms with E-state index in [-0.39, 0.29) is 17.3 Å². The minimum absolute atomic E-state index is 0.0255. The van der Waals surface area contributed by atoms with Crippen molar-refractivity contribution in [3.05, 3.63) is 28.8 Å². The van der Waals surface area contributed by atoms with Crippen LogP contribution >= 0.6 is 15.9 Å². The van der Waals surface area contributed by atoms with Crippen LogP contribution in [0.4, 0.5) is 13.2 Å². The number of pyridine rings is 1. The second-order valence-electron chi connectivity index (χ2n) is 2.44. The van der Waals surface area contributed by atoms with Gasteiger partial charge in [0.15, 0.2) is 12.1 Å². The van der Waals surface area contributed by atoms with Crippen molar-refractivity contribution in [2.24, 2.45) is 0 Å². The molecule has 1 heterocycles. The molecule has 0 spiro atoms. The topological polar surface area (TPSA) is 30.0 Å². The molecule has 6 heteroatoms. The third-order valence-electron chi connectivity index (χ3n) is 1.63. The molecule has 0 saturated carbocycles. The predicted molar refractivity (Wildman–Crippen MR) is 47.2 cm³/mol. The molecule has 0 fully saturated rings. The molecule has 0 atom stereocenters. The lowest BCUT2D eigenvalue weighted by Crippen LogP contribution is -2.04. The van der Waals surface area contributed by atoms with Gasteiger partial charge in [0.05, 0.1) is 11.3 Å². The van der Waals surface area contributed by atoms with E-state index in [0.29, 0.717) is 0 Å². The molecule has 76 valence electrons. The Morgan fingerprint density at radius 2 is 2.21 bits per heavy atom. The highest BCUT2D eigenvalue weighted by Crippen LogP contribution is 2.26. The van der Waals surface area contributed by atoms with Crippen molar-refractivity contribution < 1.29 is 18.0 Å². The van der Waals surface area contributed by atoms with Gasteiger partial charge in [0, 0.05) is 17.1 Å². The molecule has 1 aromatic rings. The fourth-order valence-corrected chi connectivity index (χ4v) is 1.36. The van der Waals surface area contributed by atoms with Crippen LogP contribution < -0.4 is 0 Å². The first kappa shape index (κ1) is 11.2. The summed E-state index contributed by atoms with van der Waals surface area (Å²) in [5, 5.41) is 0.0255. The second-order valence-corrected chi connectivity index (χ2v) is 3.00. The Morgan fingerprint density at radius 1 is 1.57 bits per heavy atom. The van der Waals surface area contributed by atoms with Gasteiger partial charge < -0.3 is 0 Å². The van der Waals surface area contributed by atoms with E-state index in [1.807, 2.05) is 0 Å². The molecule has 2 nitrogen and oxygen atoms in total. The summed E-state index contributed by atoms with van der Waals surface area (Å²) in [6, 6.07) is 0. The number of alkyl halides is 3. The number of aldehydes is 1. The molecule has 1 rings (SSSR count). The van der Waals surface area contributed by atoms with Crippen molar-refractivity contribution in [1.82, 2.24) is 4.98 Å². The van der Waals surface area contributed by atoms with Gasteiger partial charge in [0.2, 0.25) is 0 Å². The number of hydrogen-bond acceptors (Lipinski definition) is 2. The van der Waals surface area contributed by atoms with E-state index in [1.54, 1.807) is 0 Å². The number of hydrogen-bond donors (Lipinski definition) is 0. The van der Waals surface area contributed by atoms with Gasteiger partial charge in [-0.1, -0.05) is 15.9 Å². The van der Waals surface area contributed by atoms with Gasteiger partial charge in [-0.2, -0.15) is 0 Å². The maximum atomic E-state index is 13.2. The fourth-order valence-electron chi connectivity index (χ4n) is 0.965. The molecule has 0 aliphatic heterocycles. The molecule has 0 saturated heterocycles. The minimum atomic E-state index is -3.02. The number of carbonyl (C=O) groups excluding carboxylic acids is 1. The second kappa shape index (κ2) is 4.54. The van der Waals surface area contributed by atoms with Crippen molar-refractivity contribution in [2.45, 2.75) is 11.8 Å². The van der Waals surface area contributed by atoms with Crippen molar-refractivity contribution >= 4 is 22.2 Å². The zero-order chi connectivity index (χ0) is 10.7. The molecule has 1 aromatic heterocycles. The maximum absolute atomic E-state index is 13.2. The van der Waals surface area contributed by atoms with Gasteiger partial charge in [0.1, 0.15) is 0 Å². The summed E-state index contributed by atoms with van der Waals surface area (Å²) in [7, 11) is 0. The third kappa shape index (κ3) is 1.95. The minimum Gasteiger partial charge on any atom is -0.298 e. The molecule has 0 radical (unpaired) electrons. The first-order valence-corrected chi connectivity index (χ1v) is 4.70. The number of rotatable bonds is 3. The smallest absolute Gasteiger partial charge is 0.267 e. The molecular weight excluding hydrogens is 263 g/mol. The Bertz CT molecular complexity index is 357. The Morgan fingerprint density at radius 3 is 2.64 bits per heavy atom. The lowest BCUT2D eigenvalue weighted by atomic mass is 10.1. The van der Waals surface area contributed by atoms with E-state index in [9.17, 15) is 18.0 Å². The Balaban J connectivity index is 3.38. The zero-order valence-corrected chi connectivity index (χ0v) is 8.39. The van der Waals surface area contributed by atoms with Crippen LogP contribution in [0.1, 0.15) is 28.0 Å². The number of nitrogens with zero attached hydrogens (tertiary/aromatic N) is 1. The standard InChI is InChI=1S/C8H5BrF3NO/c9-1-5-7(10)6(8(11)12)4(3-14)2-13-5/h2-3,8H,1H2. The van der Waals surface area contributed by atoms with E-state index >= 15 is 0 Å².